The molecule has 0 saturated carbocycles. The van der Waals surface area contributed by atoms with Gasteiger partial charge in [0.05, 0.1) is 14.2 Å². The van der Waals surface area contributed by atoms with Crippen molar-refractivity contribution in [3.05, 3.63) is 21.7 Å². The fourth-order valence-electron chi connectivity index (χ4n) is 2.63. The minimum absolute atomic E-state index is 0.792. The van der Waals surface area contributed by atoms with E-state index in [-0.39, 0.29) is 0 Å². The van der Waals surface area contributed by atoms with Crippen LogP contribution >= 0.6 is 15.9 Å². The van der Waals surface area contributed by atoms with Gasteiger partial charge in [0.1, 0.15) is 0 Å². The van der Waals surface area contributed by atoms with Gasteiger partial charge in [-0.1, -0.05) is 15.9 Å². The molecule has 0 aromatic heterocycles. The summed E-state index contributed by atoms with van der Waals surface area (Å²) in [5, 5.41) is 3.38. The van der Waals surface area contributed by atoms with Crippen molar-refractivity contribution in [3.63, 3.8) is 0 Å². The van der Waals surface area contributed by atoms with Crippen LogP contribution in [0.25, 0.3) is 0 Å². The number of benzene rings is 1. The first-order chi connectivity index (χ1) is 9.67. The molecule has 1 aromatic rings. The number of methoxy groups -OCH3 is 2. The molecule has 4 nitrogen and oxygen atoms in total. The van der Waals surface area contributed by atoms with Crippen molar-refractivity contribution in [1.29, 1.82) is 0 Å². The SMILES string of the molecule is COc1cc(Br)c(C)c(CCN2CCNCC2)c1OC. The average Bonchev–Trinajstić information content (AvgIpc) is 2.49. The van der Waals surface area contributed by atoms with Gasteiger partial charge in [-0.25, -0.2) is 0 Å². The van der Waals surface area contributed by atoms with Gasteiger partial charge in [0.25, 0.3) is 0 Å². The van der Waals surface area contributed by atoms with E-state index in [1.54, 1.807) is 14.2 Å². The zero-order chi connectivity index (χ0) is 14.5. The molecule has 1 fully saturated rings. The zero-order valence-electron chi connectivity index (χ0n) is 12.5. The zero-order valence-corrected chi connectivity index (χ0v) is 14.0. The third-order valence-corrected chi connectivity index (χ3v) is 4.70. The van der Waals surface area contributed by atoms with Crippen LogP contribution < -0.4 is 14.8 Å². The summed E-state index contributed by atoms with van der Waals surface area (Å²) in [4.78, 5) is 2.49. The molecular weight excluding hydrogens is 320 g/mol. The Morgan fingerprint density at radius 3 is 2.55 bits per heavy atom. The van der Waals surface area contributed by atoms with E-state index in [0.29, 0.717) is 0 Å². The second-order valence-corrected chi connectivity index (χ2v) is 5.89. The van der Waals surface area contributed by atoms with Gasteiger partial charge in [0.2, 0.25) is 0 Å². The maximum absolute atomic E-state index is 5.57. The predicted octanol–water partition coefficient (Wildman–Crippen LogP) is 2.22. The standard InChI is InChI=1S/C15H23BrN2O2/c1-11-12(4-7-18-8-5-17-6-9-18)15(20-3)14(19-2)10-13(11)16/h10,17H,4-9H2,1-3H3. The third kappa shape index (κ3) is 3.45. The molecule has 0 radical (unpaired) electrons. The van der Waals surface area contributed by atoms with Gasteiger partial charge >= 0.3 is 0 Å². The Bertz CT molecular complexity index is 460. The van der Waals surface area contributed by atoms with Crippen LogP contribution in [0.2, 0.25) is 0 Å². The number of ether oxygens (including phenoxy) is 2. The van der Waals surface area contributed by atoms with E-state index >= 15 is 0 Å². The summed E-state index contributed by atoms with van der Waals surface area (Å²) in [6.45, 7) is 7.58. The van der Waals surface area contributed by atoms with E-state index in [2.05, 4.69) is 33.1 Å². The minimum atomic E-state index is 0.792. The van der Waals surface area contributed by atoms with E-state index in [9.17, 15) is 0 Å². The van der Waals surface area contributed by atoms with E-state index in [0.717, 1.165) is 55.1 Å². The lowest BCUT2D eigenvalue weighted by atomic mass is 10.0. The van der Waals surface area contributed by atoms with Crippen molar-refractivity contribution in [3.8, 4) is 11.5 Å². The van der Waals surface area contributed by atoms with Gasteiger partial charge in [-0.05, 0) is 25.0 Å². The highest BCUT2D eigenvalue weighted by Crippen LogP contribution is 2.38. The molecule has 2 rings (SSSR count). The molecule has 1 aliphatic rings. The fraction of sp³-hybridized carbons (Fsp3) is 0.600. The third-order valence-electron chi connectivity index (χ3n) is 3.88. The highest BCUT2D eigenvalue weighted by atomic mass is 79.9. The maximum Gasteiger partial charge on any atom is 0.164 e. The van der Waals surface area contributed by atoms with E-state index in [1.165, 1.54) is 11.1 Å². The number of rotatable bonds is 5. The first-order valence-corrected chi connectivity index (χ1v) is 7.79. The van der Waals surface area contributed by atoms with Gasteiger partial charge in [-0.2, -0.15) is 0 Å². The molecule has 1 saturated heterocycles. The van der Waals surface area contributed by atoms with Gasteiger partial charge in [0, 0.05) is 42.8 Å². The van der Waals surface area contributed by atoms with Gasteiger partial charge in [0.15, 0.2) is 11.5 Å². The van der Waals surface area contributed by atoms with E-state index < -0.39 is 0 Å². The molecule has 0 atom stereocenters. The maximum atomic E-state index is 5.57. The smallest absolute Gasteiger partial charge is 0.164 e. The highest BCUT2D eigenvalue weighted by Gasteiger charge is 2.17. The van der Waals surface area contributed by atoms with Crippen molar-refractivity contribution in [2.45, 2.75) is 13.3 Å². The van der Waals surface area contributed by atoms with E-state index in [1.807, 2.05) is 6.07 Å². The van der Waals surface area contributed by atoms with Crippen molar-refractivity contribution < 1.29 is 9.47 Å². The Hall–Kier alpha value is -0.780. The van der Waals surface area contributed by atoms with Crippen LogP contribution in [0.3, 0.4) is 0 Å². The lowest BCUT2D eigenvalue weighted by molar-refractivity contribution is 0.242. The van der Waals surface area contributed by atoms with Gasteiger partial charge < -0.3 is 19.7 Å². The number of nitrogens with zero attached hydrogens (tertiary/aromatic N) is 1. The van der Waals surface area contributed by atoms with Crippen LogP contribution in [0, 0.1) is 6.92 Å². The number of hydrogen-bond donors (Lipinski definition) is 1. The molecule has 0 spiro atoms. The molecule has 0 unspecified atom stereocenters. The van der Waals surface area contributed by atoms with Gasteiger partial charge in [-0.15, -0.1) is 0 Å². The monoisotopic (exact) mass is 342 g/mol. The average molecular weight is 343 g/mol. The molecule has 0 bridgehead atoms. The summed E-state index contributed by atoms with van der Waals surface area (Å²) in [5.41, 5.74) is 2.47. The van der Waals surface area contributed by atoms with Crippen LogP contribution in [-0.2, 0) is 6.42 Å². The molecule has 1 aromatic carbocycles. The van der Waals surface area contributed by atoms with Crippen LogP contribution in [0.4, 0.5) is 0 Å². The highest BCUT2D eigenvalue weighted by molar-refractivity contribution is 9.10. The van der Waals surface area contributed by atoms with Crippen molar-refractivity contribution in [2.24, 2.45) is 0 Å². The van der Waals surface area contributed by atoms with E-state index in [4.69, 9.17) is 9.47 Å². The van der Waals surface area contributed by atoms with Crippen LogP contribution in [0.15, 0.2) is 10.5 Å². The quantitative estimate of drug-likeness (QED) is 0.889. The first-order valence-electron chi connectivity index (χ1n) is 7.00. The molecular formula is C15H23BrN2O2. The van der Waals surface area contributed by atoms with Crippen LogP contribution in [0.5, 0.6) is 11.5 Å². The summed E-state index contributed by atoms with van der Waals surface area (Å²) < 4.78 is 12.1. The Morgan fingerprint density at radius 1 is 1.25 bits per heavy atom. The predicted molar refractivity (Wildman–Crippen MR) is 85.0 cm³/mol. The minimum Gasteiger partial charge on any atom is -0.493 e. The molecule has 1 heterocycles. The van der Waals surface area contributed by atoms with Crippen molar-refractivity contribution in [1.82, 2.24) is 10.2 Å². The van der Waals surface area contributed by atoms with Crippen molar-refractivity contribution >= 4 is 15.9 Å². The van der Waals surface area contributed by atoms with Crippen LogP contribution in [0.1, 0.15) is 11.1 Å². The molecule has 1 aliphatic heterocycles. The Kier molecular flexibility index (Phi) is 5.69. The normalized spacial score (nSPS) is 16.2. The Morgan fingerprint density at radius 2 is 1.95 bits per heavy atom. The van der Waals surface area contributed by atoms with Gasteiger partial charge in [-0.3, -0.25) is 0 Å². The molecule has 20 heavy (non-hydrogen) atoms. The summed E-state index contributed by atoms with van der Waals surface area (Å²) >= 11 is 3.61. The molecule has 0 aliphatic carbocycles. The Balaban J connectivity index is 2.18. The summed E-state index contributed by atoms with van der Waals surface area (Å²) in [7, 11) is 3.39. The second kappa shape index (κ2) is 7.29. The second-order valence-electron chi connectivity index (χ2n) is 5.04. The largest absolute Gasteiger partial charge is 0.493 e. The van der Waals surface area contributed by atoms with Crippen LogP contribution in [-0.4, -0.2) is 51.8 Å². The summed E-state index contributed by atoms with van der Waals surface area (Å²) in [5.74, 6) is 1.66. The Labute approximate surface area is 129 Å². The number of nitrogens with one attached hydrogen (secondary N) is 1. The molecule has 1 N–H and O–H groups in total. The molecule has 0 amide bonds. The first kappa shape index (κ1) is 15.6. The van der Waals surface area contributed by atoms with Crippen molar-refractivity contribution in [2.75, 3.05) is 46.9 Å². The number of hydrogen-bond acceptors (Lipinski definition) is 4. The number of halogens is 1. The number of piperazine rings is 1. The fourth-order valence-corrected chi connectivity index (χ4v) is 3.08. The molecule has 112 valence electrons. The lowest BCUT2D eigenvalue weighted by Gasteiger charge is -2.28. The lowest BCUT2D eigenvalue weighted by Crippen LogP contribution is -2.44. The topological polar surface area (TPSA) is 33.7 Å². The summed E-state index contributed by atoms with van der Waals surface area (Å²) in [6.07, 6.45) is 0.977. The molecule has 5 heteroatoms. The summed E-state index contributed by atoms with van der Waals surface area (Å²) in [6, 6.07) is 1.97.